The van der Waals surface area contributed by atoms with Crippen molar-refractivity contribution < 1.29 is 22.8 Å². The number of rotatable bonds is 0. The maximum absolute atomic E-state index is 12.3. The van der Waals surface area contributed by atoms with E-state index in [0.29, 0.717) is 0 Å². The number of halogens is 3. The van der Waals surface area contributed by atoms with Gasteiger partial charge in [0, 0.05) is 0 Å². The molecule has 3 nitrogen and oxygen atoms in total. The molecule has 1 amide bonds. The molecule has 0 saturated carbocycles. The number of Topliss-reactive ketones (excluding diaryl/α,β-unsaturated/α-hetero) is 1. The van der Waals surface area contributed by atoms with Crippen molar-refractivity contribution in [1.29, 1.82) is 0 Å². The van der Waals surface area contributed by atoms with Gasteiger partial charge in [0.1, 0.15) is 0 Å². The van der Waals surface area contributed by atoms with E-state index in [9.17, 15) is 22.8 Å². The molecule has 0 spiro atoms. The van der Waals surface area contributed by atoms with E-state index in [4.69, 9.17) is 0 Å². The minimum Gasteiger partial charge on any atom is -0.318 e. The van der Waals surface area contributed by atoms with Gasteiger partial charge in [-0.2, -0.15) is 13.2 Å². The Kier molecular flexibility index (Phi) is 1.82. The highest BCUT2D eigenvalue weighted by Gasteiger charge is 2.34. The molecule has 0 aromatic heterocycles. The van der Waals surface area contributed by atoms with Crippen LogP contribution >= 0.6 is 0 Å². The molecule has 0 radical (unpaired) electrons. The first kappa shape index (κ1) is 9.70. The molecule has 1 N–H and O–H groups in total. The van der Waals surface area contributed by atoms with E-state index in [1.165, 1.54) is 0 Å². The zero-order valence-electron chi connectivity index (χ0n) is 7.18. The largest absolute Gasteiger partial charge is 0.416 e. The average molecular weight is 215 g/mol. The van der Waals surface area contributed by atoms with Crippen molar-refractivity contribution in [3.8, 4) is 0 Å². The van der Waals surface area contributed by atoms with Gasteiger partial charge in [-0.3, -0.25) is 9.59 Å². The van der Waals surface area contributed by atoms with Crippen LogP contribution in [0.3, 0.4) is 0 Å². The topological polar surface area (TPSA) is 46.2 Å². The Bertz CT molecular complexity index is 465. The van der Waals surface area contributed by atoms with Gasteiger partial charge in [0.25, 0.3) is 11.7 Å². The van der Waals surface area contributed by atoms with Crippen LogP contribution in [0, 0.1) is 0 Å². The normalized spacial score (nSPS) is 15.1. The molecule has 2 rings (SSSR count). The maximum atomic E-state index is 12.3. The fourth-order valence-electron chi connectivity index (χ4n) is 1.32. The molecular weight excluding hydrogens is 211 g/mol. The second kappa shape index (κ2) is 2.82. The lowest BCUT2D eigenvalue weighted by atomic mass is 10.1. The molecule has 15 heavy (non-hydrogen) atoms. The molecule has 0 bridgehead atoms. The second-order valence-corrected chi connectivity index (χ2v) is 3.04. The first-order valence-electron chi connectivity index (χ1n) is 3.96. The lowest BCUT2D eigenvalue weighted by molar-refractivity contribution is -0.137. The third kappa shape index (κ3) is 1.47. The molecule has 0 saturated heterocycles. The third-order valence-electron chi connectivity index (χ3n) is 2.05. The summed E-state index contributed by atoms with van der Waals surface area (Å²) in [5, 5.41) is 2.07. The fraction of sp³-hybridized carbons (Fsp3) is 0.111. The van der Waals surface area contributed by atoms with Gasteiger partial charge in [-0.1, -0.05) is 0 Å². The van der Waals surface area contributed by atoms with Gasteiger partial charge in [0.2, 0.25) is 0 Å². The van der Waals surface area contributed by atoms with Crippen LogP contribution in [-0.4, -0.2) is 11.7 Å². The van der Waals surface area contributed by atoms with E-state index < -0.39 is 23.4 Å². The number of anilines is 1. The monoisotopic (exact) mass is 215 g/mol. The summed E-state index contributed by atoms with van der Waals surface area (Å²) in [4.78, 5) is 21.9. The zero-order valence-corrected chi connectivity index (χ0v) is 7.18. The van der Waals surface area contributed by atoms with E-state index >= 15 is 0 Å². The number of benzene rings is 1. The summed E-state index contributed by atoms with van der Waals surface area (Å²) in [7, 11) is 0. The number of hydrogen-bond acceptors (Lipinski definition) is 2. The van der Waals surface area contributed by atoms with Crippen molar-refractivity contribution in [3.05, 3.63) is 29.3 Å². The van der Waals surface area contributed by atoms with Crippen molar-refractivity contribution in [2.24, 2.45) is 0 Å². The number of amides is 1. The van der Waals surface area contributed by atoms with E-state index in [1.54, 1.807) is 0 Å². The molecular formula is C9H4F3NO2. The van der Waals surface area contributed by atoms with E-state index in [1.807, 2.05) is 0 Å². The van der Waals surface area contributed by atoms with Crippen LogP contribution in [0.15, 0.2) is 18.2 Å². The summed E-state index contributed by atoms with van der Waals surface area (Å²) in [6, 6.07) is 2.52. The molecule has 78 valence electrons. The van der Waals surface area contributed by atoms with Gasteiger partial charge in [0.15, 0.2) is 0 Å². The standard InChI is InChI=1S/C9H4F3NO2/c10-9(11,12)4-1-2-5-6(3-4)13-8(15)7(5)14/h1-3H,(H,13,14,15). The SMILES string of the molecule is O=C1Nc2cc(C(F)(F)F)ccc2C1=O. The van der Waals surface area contributed by atoms with Crippen LogP contribution in [0.2, 0.25) is 0 Å². The van der Waals surface area contributed by atoms with Crippen molar-refractivity contribution in [3.63, 3.8) is 0 Å². The summed E-state index contributed by atoms with van der Waals surface area (Å²) in [5.74, 6) is -1.71. The number of carbonyl (C=O) groups is 2. The molecule has 0 fully saturated rings. The van der Waals surface area contributed by atoms with Gasteiger partial charge >= 0.3 is 6.18 Å². The van der Waals surface area contributed by atoms with Gasteiger partial charge < -0.3 is 5.32 Å². The van der Waals surface area contributed by atoms with Crippen molar-refractivity contribution in [1.82, 2.24) is 0 Å². The molecule has 1 aliphatic rings. The minimum absolute atomic E-state index is 0.0204. The van der Waals surface area contributed by atoms with E-state index in [2.05, 4.69) is 5.32 Å². The summed E-state index contributed by atoms with van der Waals surface area (Å²) in [6.45, 7) is 0. The molecule has 1 aliphatic heterocycles. The number of hydrogen-bond donors (Lipinski definition) is 1. The van der Waals surface area contributed by atoms with Crippen LogP contribution in [-0.2, 0) is 11.0 Å². The fourth-order valence-corrected chi connectivity index (χ4v) is 1.32. The molecule has 1 aromatic carbocycles. The molecule has 1 aromatic rings. The predicted octanol–water partition coefficient (Wildman–Crippen LogP) is 1.84. The maximum Gasteiger partial charge on any atom is 0.416 e. The number of ketones is 1. The Labute approximate surface area is 81.9 Å². The van der Waals surface area contributed by atoms with Gasteiger partial charge in [0.05, 0.1) is 16.8 Å². The highest BCUT2D eigenvalue weighted by Crippen LogP contribution is 2.33. The Morgan fingerprint density at radius 1 is 1.13 bits per heavy atom. The van der Waals surface area contributed by atoms with Crippen LogP contribution < -0.4 is 5.32 Å². The van der Waals surface area contributed by atoms with Crippen LogP contribution in [0.4, 0.5) is 18.9 Å². The van der Waals surface area contributed by atoms with E-state index in [-0.39, 0.29) is 11.3 Å². The lowest BCUT2D eigenvalue weighted by Crippen LogP contribution is -2.12. The minimum atomic E-state index is -4.48. The van der Waals surface area contributed by atoms with Gasteiger partial charge in [-0.25, -0.2) is 0 Å². The first-order chi connectivity index (χ1) is 6.89. The summed E-state index contributed by atoms with van der Waals surface area (Å²) in [6.07, 6.45) is -4.48. The summed E-state index contributed by atoms with van der Waals surface area (Å²) in [5.41, 5.74) is -0.996. The van der Waals surface area contributed by atoms with Crippen LogP contribution in [0.5, 0.6) is 0 Å². The predicted molar refractivity (Wildman–Crippen MR) is 44.4 cm³/mol. The van der Waals surface area contributed by atoms with Crippen LogP contribution in [0.25, 0.3) is 0 Å². The first-order valence-corrected chi connectivity index (χ1v) is 3.96. The Morgan fingerprint density at radius 3 is 2.40 bits per heavy atom. The number of alkyl halides is 3. The Morgan fingerprint density at radius 2 is 1.80 bits per heavy atom. The molecule has 0 atom stereocenters. The second-order valence-electron chi connectivity index (χ2n) is 3.04. The Balaban J connectivity index is 2.51. The number of nitrogens with one attached hydrogen (secondary N) is 1. The molecule has 0 unspecified atom stereocenters. The smallest absolute Gasteiger partial charge is 0.318 e. The molecule has 0 aliphatic carbocycles. The quantitative estimate of drug-likeness (QED) is 0.671. The van der Waals surface area contributed by atoms with Gasteiger partial charge in [-0.05, 0) is 18.2 Å². The number of fused-ring (bicyclic) bond motifs is 1. The highest BCUT2D eigenvalue weighted by atomic mass is 19.4. The van der Waals surface area contributed by atoms with Crippen molar-refractivity contribution >= 4 is 17.4 Å². The third-order valence-corrected chi connectivity index (χ3v) is 2.05. The summed E-state index contributed by atoms with van der Waals surface area (Å²) >= 11 is 0. The zero-order chi connectivity index (χ0) is 11.2. The van der Waals surface area contributed by atoms with Crippen molar-refractivity contribution in [2.75, 3.05) is 5.32 Å². The summed E-state index contributed by atoms with van der Waals surface area (Å²) < 4.78 is 36.8. The average Bonchev–Trinajstić information content (AvgIpc) is 2.41. The van der Waals surface area contributed by atoms with Crippen molar-refractivity contribution in [2.45, 2.75) is 6.18 Å². The van der Waals surface area contributed by atoms with E-state index in [0.717, 1.165) is 18.2 Å². The molecule has 6 heteroatoms. The van der Waals surface area contributed by atoms with Crippen LogP contribution in [0.1, 0.15) is 15.9 Å². The van der Waals surface area contributed by atoms with Gasteiger partial charge in [-0.15, -0.1) is 0 Å². The molecule has 1 heterocycles. The number of carbonyl (C=O) groups excluding carboxylic acids is 2. The Hall–Kier alpha value is -1.85. The highest BCUT2D eigenvalue weighted by molar-refractivity contribution is 6.51. The lowest BCUT2D eigenvalue weighted by Gasteiger charge is -2.07.